The van der Waals surface area contributed by atoms with Crippen molar-refractivity contribution in [3.05, 3.63) is 33.8 Å². The Morgan fingerprint density at radius 3 is 3.00 bits per heavy atom. The molecule has 2 nitrogen and oxygen atoms in total. The van der Waals surface area contributed by atoms with Crippen LogP contribution in [-0.2, 0) is 0 Å². The molecule has 1 unspecified atom stereocenters. The molecule has 0 heterocycles. The molecule has 1 aromatic rings. The van der Waals surface area contributed by atoms with Gasteiger partial charge in [0.1, 0.15) is 0 Å². The molecular weight excluding hydrogens is 218 g/mol. The highest BCUT2D eigenvalue weighted by Crippen LogP contribution is 2.30. The van der Waals surface area contributed by atoms with E-state index in [0.717, 1.165) is 15.6 Å². The Morgan fingerprint density at radius 2 is 2.25 bits per heavy atom. The molecule has 0 spiro atoms. The van der Waals surface area contributed by atoms with Gasteiger partial charge < -0.3 is 5.73 Å². The van der Waals surface area contributed by atoms with E-state index in [-0.39, 0.29) is 11.8 Å². The summed E-state index contributed by atoms with van der Waals surface area (Å²) in [6.07, 6.45) is 0.450. The van der Waals surface area contributed by atoms with Crippen molar-refractivity contribution in [1.82, 2.24) is 0 Å². The van der Waals surface area contributed by atoms with Gasteiger partial charge in [0.15, 0.2) is 5.78 Å². The first kappa shape index (κ1) is 7.95. The molecule has 2 rings (SSSR count). The zero-order valence-electron chi connectivity index (χ0n) is 6.38. The Balaban J connectivity index is 2.60. The third kappa shape index (κ3) is 1.09. The molecule has 62 valence electrons. The Hall–Kier alpha value is -0.670. The molecule has 3 heteroatoms. The molecule has 12 heavy (non-hydrogen) atoms. The highest BCUT2D eigenvalue weighted by molar-refractivity contribution is 9.10. The lowest BCUT2D eigenvalue weighted by Crippen LogP contribution is -2.05. The van der Waals surface area contributed by atoms with Crippen LogP contribution in [0.5, 0.6) is 0 Å². The minimum atomic E-state index is -0.0967. The third-order valence-corrected chi connectivity index (χ3v) is 2.61. The fourth-order valence-corrected chi connectivity index (χ4v) is 1.87. The number of hydrogen-bond donors (Lipinski definition) is 1. The van der Waals surface area contributed by atoms with E-state index in [4.69, 9.17) is 5.73 Å². The predicted molar refractivity (Wildman–Crippen MR) is 50.0 cm³/mol. The topological polar surface area (TPSA) is 43.1 Å². The maximum Gasteiger partial charge on any atom is 0.165 e. The fourth-order valence-electron chi connectivity index (χ4n) is 1.51. The molecule has 1 aromatic carbocycles. The third-order valence-electron chi connectivity index (χ3n) is 2.12. The summed E-state index contributed by atoms with van der Waals surface area (Å²) in [5.74, 6) is 0.152. The van der Waals surface area contributed by atoms with Crippen LogP contribution in [-0.4, -0.2) is 5.78 Å². The van der Waals surface area contributed by atoms with Crippen LogP contribution in [0.1, 0.15) is 28.4 Å². The second-order valence-electron chi connectivity index (χ2n) is 2.97. The molecule has 2 N–H and O–H groups in total. The van der Waals surface area contributed by atoms with E-state index in [0.29, 0.717) is 6.42 Å². The predicted octanol–water partition coefficient (Wildman–Crippen LogP) is 2.04. The summed E-state index contributed by atoms with van der Waals surface area (Å²) in [6.45, 7) is 0. The number of benzene rings is 1. The van der Waals surface area contributed by atoms with E-state index >= 15 is 0 Å². The van der Waals surface area contributed by atoms with Gasteiger partial charge in [0.25, 0.3) is 0 Å². The van der Waals surface area contributed by atoms with Crippen LogP contribution in [0.2, 0.25) is 0 Å². The van der Waals surface area contributed by atoms with Gasteiger partial charge >= 0.3 is 0 Å². The number of nitrogens with two attached hydrogens (primary N) is 1. The van der Waals surface area contributed by atoms with Crippen LogP contribution in [0.4, 0.5) is 0 Å². The largest absolute Gasteiger partial charge is 0.324 e. The molecule has 1 atom stereocenters. The number of carbonyl (C=O) groups excluding carboxylic acids is 1. The van der Waals surface area contributed by atoms with Gasteiger partial charge in [-0.25, -0.2) is 0 Å². The molecule has 0 radical (unpaired) electrons. The Kier molecular flexibility index (Phi) is 1.77. The van der Waals surface area contributed by atoms with Crippen molar-refractivity contribution >= 4 is 21.7 Å². The van der Waals surface area contributed by atoms with Crippen molar-refractivity contribution in [3.63, 3.8) is 0 Å². The van der Waals surface area contributed by atoms with E-state index < -0.39 is 0 Å². The molecule has 1 aliphatic carbocycles. The van der Waals surface area contributed by atoms with Gasteiger partial charge in [-0.3, -0.25) is 4.79 Å². The van der Waals surface area contributed by atoms with Gasteiger partial charge in [0.05, 0.1) is 0 Å². The van der Waals surface area contributed by atoms with Crippen molar-refractivity contribution in [2.24, 2.45) is 5.73 Å². The average Bonchev–Trinajstić information content (AvgIpc) is 2.28. The maximum atomic E-state index is 11.3. The van der Waals surface area contributed by atoms with Crippen molar-refractivity contribution in [1.29, 1.82) is 0 Å². The van der Waals surface area contributed by atoms with E-state index in [9.17, 15) is 4.79 Å². The number of rotatable bonds is 0. The number of carbonyl (C=O) groups is 1. The van der Waals surface area contributed by atoms with Crippen LogP contribution in [0.15, 0.2) is 22.7 Å². The molecule has 0 amide bonds. The number of fused-ring (bicyclic) bond motifs is 1. The van der Waals surface area contributed by atoms with Gasteiger partial charge in [-0.05, 0) is 17.7 Å². The minimum Gasteiger partial charge on any atom is -0.324 e. The first-order valence-electron chi connectivity index (χ1n) is 3.76. The van der Waals surface area contributed by atoms with Gasteiger partial charge in [0.2, 0.25) is 0 Å². The summed E-state index contributed by atoms with van der Waals surface area (Å²) in [4.78, 5) is 11.3. The summed E-state index contributed by atoms with van der Waals surface area (Å²) in [5.41, 5.74) is 7.50. The highest BCUT2D eigenvalue weighted by Gasteiger charge is 2.26. The quantitative estimate of drug-likeness (QED) is 0.735. The number of Topliss-reactive ketones (excluding diaryl/α,β-unsaturated/α-hetero) is 1. The van der Waals surface area contributed by atoms with E-state index in [1.807, 2.05) is 18.2 Å². The lowest BCUT2D eigenvalue weighted by Gasteiger charge is -2.01. The maximum absolute atomic E-state index is 11.3. The first-order valence-corrected chi connectivity index (χ1v) is 4.56. The second kappa shape index (κ2) is 2.68. The lowest BCUT2D eigenvalue weighted by molar-refractivity contribution is 0.0989. The first-order chi connectivity index (χ1) is 5.68. The molecule has 0 saturated carbocycles. The molecule has 0 fully saturated rings. The number of halogens is 1. The molecule has 0 aromatic heterocycles. The molecular formula is C9H8BrNO. The SMILES string of the molecule is NC1CC(=O)c2cc(Br)ccc21. The molecule has 1 aliphatic rings. The van der Waals surface area contributed by atoms with Crippen LogP contribution in [0, 0.1) is 0 Å². The monoisotopic (exact) mass is 225 g/mol. The summed E-state index contributed by atoms with van der Waals surface area (Å²) < 4.78 is 0.934. The molecule has 0 aliphatic heterocycles. The zero-order valence-corrected chi connectivity index (χ0v) is 7.97. The van der Waals surface area contributed by atoms with Gasteiger partial charge in [-0.15, -0.1) is 0 Å². The summed E-state index contributed by atoms with van der Waals surface area (Å²) >= 11 is 3.32. The van der Waals surface area contributed by atoms with Crippen molar-refractivity contribution in [2.75, 3.05) is 0 Å². The van der Waals surface area contributed by atoms with Crippen LogP contribution < -0.4 is 5.73 Å². The van der Waals surface area contributed by atoms with Gasteiger partial charge in [-0.1, -0.05) is 22.0 Å². The van der Waals surface area contributed by atoms with Crippen molar-refractivity contribution in [2.45, 2.75) is 12.5 Å². The summed E-state index contributed by atoms with van der Waals surface area (Å²) in [5, 5.41) is 0. The summed E-state index contributed by atoms with van der Waals surface area (Å²) in [7, 11) is 0. The second-order valence-corrected chi connectivity index (χ2v) is 3.88. The Labute approximate surface area is 78.9 Å². The van der Waals surface area contributed by atoms with E-state index in [1.165, 1.54) is 0 Å². The lowest BCUT2D eigenvalue weighted by atomic mass is 10.1. The Morgan fingerprint density at radius 1 is 1.50 bits per heavy atom. The zero-order chi connectivity index (χ0) is 8.72. The van der Waals surface area contributed by atoms with Gasteiger partial charge in [0, 0.05) is 22.5 Å². The molecule has 0 bridgehead atoms. The number of ketones is 1. The minimum absolute atomic E-state index is 0.0967. The normalized spacial score (nSPS) is 21.2. The fraction of sp³-hybridized carbons (Fsp3) is 0.222. The van der Waals surface area contributed by atoms with E-state index in [1.54, 1.807) is 0 Å². The van der Waals surface area contributed by atoms with Crippen LogP contribution >= 0.6 is 15.9 Å². The Bertz CT molecular complexity index is 348. The van der Waals surface area contributed by atoms with E-state index in [2.05, 4.69) is 15.9 Å². The van der Waals surface area contributed by atoms with Crippen molar-refractivity contribution < 1.29 is 4.79 Å². The highest BCUT2D eigenvalue weighted by atomic mass is 79.9. The van der Waals surface area contributed by atoms with Crippen LogP contribution in [0.3, 0.4) is 0 Å². The number of hydrogen-bond acceptors (Lipinski definition) is 2. The van der Waals surface area contributed by atoms with Crippen molar-refractivity contribution in [3.8, 4) is 0 Å². The van der Waals surface area contributed by atoms with Crippen LogP contribution in [0.25, 0.3) is 0 Å². The smallest absolute Gasteiger partial charge is 0.165 e. The summed E-state index contributed by atoms with van der Waals surface area (Å²) in [6, 6.07) is 5.57. The van der Waals surface area contributed by atoms with Gasteiger partial charge in [-0.2, -0.15) is 0 Å². The molecule has 0 saturated heterocycles. The average molecular weight is 226 g/mol. The standard InChI is InChI=1S/C9H8BrNO/c10-5-1-2-6-7(3-5)9(12)4-8(6)11/h1-3,8H,4,11H2.